The van der Waals surface area contributed by atoms with Crippen LogP contribution in [0.1, 0.15) is 66.7 Å². The molecule has 2 heterocycles. The highest BCUT2D eigenvalue weighted by Gasteiger charge is 2.36. The fourth-order valence-electron chi connectivity index (χ4n) is 3.79. The predicted molar refractivity (Wildman–Crippen MR) is 126 cm³/mol. The van der Waals surface area contributed by atoms with Crippen molar-refractivity contribution in [3.8, 4) is 0 Å². The average Bonchev–Trinajstić information content (AvgIpc) is 3.34. The van der Waals surface area contributed by atoms with E-state index in [1.165, 1.54) is 0 Å². The summed E-state index contributed by atoms with van der Waals surface area (Å²) in [6.07, 6.45) is 2.62. The zero-order valence-corrected chi connectivity index (χ0v) is 21.6. The molecule has 2 rings (SSSR count). The predicted octanol–water partition coefficient (Wildman–Crippen LogP) is 2.90. The van der Waals surface area contributed by atoms with Gasteiger partial charge in [0.25, 0.3) is 0 Å². The van der Waals surface area contributed by atoms with E-state index in [-0.39, 0.29) is 24.7 Å². The molecule has 4 unspecified atom stereocenters. The molecule has 0 aromatic carbocycles. The minimum Gasteiger partial charge on any atom is -0.450 e. The van der Waals surface area contributed by atoms with Crippen molar-refractivity contribution in [2.24, 2.45) is 5.92 Å². The standard InChI is InChI=1S/C24H42N2O9/c1-17(20-16-33-24(4,5)35-20)14-31-22(29)26-18(13-27)9-6-7-11-25-21(28)30-12-8-10-19-15-32-23(2,3)34-19/h13,17-20H,6-12,14-16H2,1-5H3,(H,25,28)(H,26,29). The number of hydrogen-bond acceptors (Lipinski definition) is 9. The zero-order chi connectivity index (χ0) is 25.9. The van der Waals surface area contributed by atoms with Gasteiger partial charge >= 0.3 is 12.2 Å². The van der Waals surface area contributed by atoms with Crippen LogP contribution < -0.4 is 10.6 Å². The molecule has 0 aromatic heterocycles. The molecule has 2 saturated heterocycles. The topological polar surface area (TPSA) is 131 Å². The molecule has 2 amide bonds. The van der Waals surface area contributed by atoms with Crippen LogP contribution >= 0.6 is 0 Å². The second kappa shape index (κ2) is 14.0. The van der Waals surface area contributed by atoms with Crippen molar-refractivity contribution in [1.29, 1.82) is 0 Å². The first-order valence-electron chi connectivity index (χ1n) is 12.4. The molecule has 2 fully saturated rings. The molecule has 0 aliphatic carbocycles. The van der Waals surface area contributed by atoms with Gasteiger partial charge in [-0.1, -0.05) is 6.92 Å². The second-order valence-electron chi connectivity index (χ2n) is 9.98. The minimum absolute atomic E-state index is 0.0278. The molecule has 2 aliphatic heterocycles. The van der Waals surface area contributed by atoms with Crippen molar-refractivity contribution in [3.05, 3.63) is 0 Å². The van der Waals surface area contributed by atoms with Crippen LogP contribution in [-0.2, 0) is 33.2 Å². The number of nitrogens with one attached hydrogen (secondary N) is 2. The molecule has 4 atom stereocenters. The third-order valence-corrected chi connectivity index (χ3v) is 5.79. The SMILES string of the molecule is CC(COC(=O)NC(C=O)CCCCNC(=O)OCCCC1COC(C)(C)O1)C1COC(C)(C)O1. The molecule has 2 aliphatic rings. The van der Waals surface area contributed by atoms with E-state index in [4.69, 9.17) is 28.4 Å². The number of alkyl carbamates (subject to hydrolysis) is 2. The Morgan fingerprint density at radius 3 is 2.34 bits per heavy atom. The van der Waals surface area contributed by atoms with Crippen molar-refractivity contribution in [2.75, 3.05) is 33.0 Å². The van der Waals surface area contributed by atoms with Gasteiger partial charge in [-0.25, -0.2) is 9.59 Å². The van der Waals surface area contributed by atoms with E-state index >= 15 is 0 Å². The maximum absolute atomic E-state index is 12.0. The summed E-state index contributed by atoms with van der Waals surface area (Å²) in [5.74, 6) is -1.22. The summed E-state index contributed by atoms with van der Waals surface area (Å²) in [7, 11) is 0. The highest BCUT2D eigenvalue weighted by atomic mass is 16.7. The Morgan fingerprint density at radius 2 is 1.71 bits per heavy atom. The van der Waals surface area contributed by atoms with E-state index < -0.39 is 29.8 Å². The maximum Gasteiger partial charge on any atom is 0.407 e. The minimum atomic E-state index is -0.651. The van der Waals surface area contributed by atoms with E-state index in [0.717, 1.165) is 6.42 Å². The molecule has 11 heteroatoms. The van der Waals surface area contributed by atoms with E-state index in [1.807, 2.05) is 34.6 Å². The first kappa shape index (κ1) is 29.3. The average molecular weight is 503 g/mol. The summed E-state index contributed by atoms with van der Waals surface area (Å²) in [6, 6.07) is -0.651. The molecular formula is C24H42N2O9. The van der Waals surface area contributed by atoms with Gasteiger partial charge in [-0.3, -0.25) is 0 Å². The molecule has 202 valence electrons. The van der Waals surface area contributed by atoms with Crippen LogP contribution in [0.25, 0.3) is 0 Å². The molecule has 0 radical (unpaired) electrons. The van der Waals surface area contributed by atoms with Crippen molar-refractivity contribution in [3.63, 3.8) is 0 Å². The number of amides is 2. The van der Waals surface area contributed by atoms with Crippen LogP contribution in [0.2, 0.25) is 0 Å². The van der Waals surface area contributed by atoms with Crippen molar-refractivity contribution in [1.82, 2.24) is 10.6 Å². The number of ether oxygens (including phenoxy) is 6. The van der Waals surface area contributed by atoms with Crippen LogP contribution in [0.3, 0.4) is 0 Å². The number of carbonyl (C=O) groups excluding carboxylic acids is 3. The third-order valence-electron chi connectivity index (χ3n) is 5.79. The van der Waals surface area contributed by atoms with Crippen LogP contribution in [0.15, 0.2) is 0 Å². The number of unbranched alkanes of at least 4 members (excludes halogenated alkanes) is 1. The highest BCUT2D eigenvalue weighted by Crippen LogP contribution is 2.27. The number of aldehydes is 1. The molecule has 0 bridgehead atoms. The van der Waals surface area contributed by atoms with E-state index in [2.05, 4.69) is 10.6 Å². The van der Waals surface area contributed by atoms with Gasteiger partial charge in [0.05, 0.1) is 44.7 Å². The van der Waals surface area contributed by atoms with Crippen LogP contribution in [-0.4, -0.2) is 81.3 Å². The first-order valence-corrected chi connectivity index (χ1v) is 12.4. The van der Waals surface area contributed by atoms with Crippen LogP contribution in [0.4, 0.5) is 9.59 Å². The Balaban J connectivity index is 1.47. The normalized spacial score (nSPS) is 24.4. The molecule has 0 spiro atoms. The smallest absolute Gasteiger partial charge is 0.407 e. The molecular weight excluding hydrogens is 460 g/mol. The van der Waals surface area contributed by atoms with E-state index in [9.17, 15) is 14.4 Å². The quantitative estimate of drug-likeness (QED) is 0.272. The second-order valence-corrected chi connectivity index (χ2v) is 9.98. The monoisotopic (exact) mass is 502 g/mol. The zero-order valence-electron chi connectivity index (χ0n) is 21.6. The first-order chi connectivity index (χ1) is 16.5. The fourth-order valence-corrected chi connectivity index (χ4v) is 3.79. The lowest BCUT2D eigenvalue weighted by molar-refractivity contribution is -0.145. The van der Waals surface area contributed by atoms with Gasteiger partial charge in [0.1, 0.15) is 6.29 Å². The fraction of sp³-hybridized carbons (Fsp3) is 0.875. The largest absolute Gasteiger partial charge is 0.450 e. The van der Waals surface area contributed by atoms with Gasteiger partial charge < -0.3 is 43.8 Å². The summed E-state index contributed by atoms with van der Waals surface area (Å²) in [5.41, 5.74) is 0. The Hall–Kier alpha value is -1.95. The van der Waals surface area contributed by atoms with E-state index in [1.54, 1.807) is 0 Å². The van der Waals surface area contributed by atoms with Gasteiger partial charge in [0.2, 0.25) is 0 Å². The summed E-state index contributed by atoms with van der Waals surface area (Å²) in [4.78, 5) is 35.1. The lowest BCUT2D eigenvalue weighted by atomic mass is 10.1. The Labute approximate surface area is 207 Å². The van der Waals surface area contributed by atoms with Crippen molar-refractivity contribution in [2.45, 2.75) is 96.5 Å². The lowest BCUT2D eigenvalue weighted by Gasteiger charge is -2.21. The van der Waals surface area contributed by atoms with Gasteiger partial charge in [-0.2, -0.15) is 0 Å². The van der Waals surface area contributed by atoms with E-state index in [0.29, 0.717) is 58.3 Å². The van der Waals surface area contributed by atoms with Crippen molar-refractivity contribution >= 4 is 18.5 Å². The van der Waals surface area contributed by atoms with Gasteiger partial charge in [0, 0.05) is 12.5 Å². The summed E-state index contributed by atoms with van der Waals surface area (Å²) >= 11 is 0. The molecule has 0 saturated carbocycles. The molecule has 35 heavy (non-hydrogen) atoms. The lowest BCUT2D eigenvalue weighted by Crippen LogP contribution is -2.38. The van der Waals surface area contributed by atoms with Crippen molar-refractivity contribution < 1.29 is 42.8 Å². The molecule has 0 aromatic rings. The Morgan fingerprint density at radius 1 is 1.00 bits per heavy atom. The molecule has 11 nitrogen and oxygen atoms in total. The number of rotatable bonds is 14. The summed E-state index contributed by atoms with van der Waals surface area (Å²) in [5, 5.41) is 5.24. The summed E-state index contributed by atoms with van der Waals surface area (Å²) < 4.78 is 32.9. The maximum atomic E-state index is 12.0. The number of hydrogen-bond donors (Lipinski definition) is 2. The molecule has 2 N–H and O–H groups in total. The van der Waals surface area contributed by atoms with Crippen LogP contribution in [0.5, 0.6) is 0 Å². The van der Waals surface area contributed by atoms with Gasteiger partial charge in [-0.05, 0) is 59.8 Å². The van der Waals surface area contributed by atoms with Gasteiger partial charge in [-0.15, -0.1) is 0 Å². The van der Waals surface area contributed by atoms with Crippen LogP contribution in [0, 0.1) is 5.92 Å². The third kappa shape index (κ3) is 11.6. The highest BCUT2D eigenvalue weighted by molar-refractivity contribution is 5.73. The Bertz CT molecular complexity index is 686. The summed E-state index contributed by atoms with van der Waals surface area (Å²) in [6.45, 7) is 11.2. The Kier molecular flexibility index (Phi) is 11.7. The number of carbonyl (C=O) groups is 3. The van der Waals surface area contributed by atoms with Gasteiger partial charge in [0.15, 0.2) is 11.6 Å².